The summed E-state index contributed by atoms with van der Waals surface area (Å²) in [4.78, 5) is 4.31. The van der Waals surface area contributed by atoms with Gasteiger partial charge < -0.3 is 10.5 Å². The van der Waals surface area contributed by atoms with Gasteiger partial charge in [0.2, 0.25) is 5.88 Å². The zero-order chi connectivity index (χ0) is 10.8. The SMILES string of the molecule is COc1nc(CN)cc2cc(Br)ccc12. The minimum atomic E-state index is 0.415. The van der Waals surface area contributed by atoms with Gasteiger partial charge in [-0.15, -0.1) is 0 Å². The van der Waals surface area contributed by atoms with Crippen LogP contribution in [0.25, 0.3) is 10.8 Å². The van der Waals surface area contributed by atoms with Crippen LogP contribution in [0.1, 0.15) is 5.69 Å². The standard InChI is InChI=1S/C11H11BrN2O/c1-15-11-10-3-2-8(12)4-7(10)5-9(6-13)14-11/h2-5H,6,13H2,1H3. The fourth-order valence-corrected chi connectivity index (χ4v) is 1.89. The summed E-state index contributed by atoms with van der Waals surface area (Å²) in [5.74, 6) is 0.625. The molecule has 78 valence electrons. The molecule has 1 aromatic carbocycles. The lowest BCUT2D eigenvalue weighted by Gasteiger charge is -2.07. The molecule has 0 amide bonds. The van der Waals surface area contributed by atoms with Crippen LogP contribution in [0, 0.1) is 0 Å². The van der Waals surface area contributed by atoms with E-state index in [1.807, 2.05) is 24.3 Å². The Balaban J connectivity index is 2.74. The first-order valence-corrected chi connectivity index (χ1v) is 5.37. The van der Waals surface area contributed by atoms with Crippen LogP contribution in [-0.4, -0.2) is 12.1 Å². The largest absolute Gasteiger partial charge is 0.481 e. The predicted molar refractivity (Wildman–Crippen MR) is 63.9 cm³/mol. The van der Waals surface area contributed by atoms with Crippen molar-refractivity contribution in [2.45, 2.75) is 6.54 Å². The summed E-state index contributed by atoms with van der Waals surface area (Å²) in [6, 6.07) is 7.95. The molecule has 0 unspecified atom stereocenters. The van der Waals surface area contributed by atoms with Crippen LogP contribution in [0.5, 0.6) is 5.88 Å². The van der Waals surface area contributed by atoms with E-state index in [9.17, 15) is 0 Å². The minimum Gasteiger partial charge on any atom is -0.481 e. The molecule has 0 spiro atoms. The van der Waals surface area contributed by atoms with Crippen molar-refractivity contribution in [1.29, 1.82) is 0 Å². The van der Waals surface area contributed by atoms with Gasteiger partial charge in [-0.25, -0.2) is 4.98 Å². The number of hydrogen-bond acceptors (Lipinski definition) is 3. The summed E-state index contributed by atoms with van der Waals surface area (Å²) in [7, 11) is 1.62. The number of ether oxygens (including phenoxy) is 1. The fourth-order valence-electron chi connectivity index (χ4n) is 1.51. The molecule has 0 aliphatic rings. The third kappa shape index (κ3) is 1.96. The van der Waals surface area contributed by atoms with Crippen molar-refractivity contribution >= 4 is 26.7 Å². The molecule has 4 heteroatoms. The van der Waals surface area contributed by atoms with E-state index in [4.69, 9.17) is 10.5 Å². The quantitative estimate of drug-likeness (QED) is 0.909. The Morgan fingerprint density at radius 2 is 2.20 bits per heavy atom. The summed E-state index contributed by atoms with van der Waals surface area (Å²) in [6.07, 6.45) is 0. The number of hydrogen-bond donors (Lipinski definition) is 1. The van der Waals surface area contributed by atoms with E-state index in [1.165, 1.54) is 0 Å². The highest BCUT2D eigenvalue weighted by Crippen LogP contribution is 2.27. The van der Waals surface area contributed by atoms with Gasteiger partial charge in [-0.1, -0.05) is 15.9 Å². The number of fused-ring (bicyclic) bond motifs is 1. The van der Waals surface area contributed by atoms with Crippen LogP contribution >= 0.6 is 15.9 Å². The number of methoxy groups -OCH3 is 1. The monoisotopic (exact) mass is 266 g/mol. The van der Waals surface area contributed by atoms with Crippen molar-refractivity contribution < 1.29 is 4.74 Å². The summed E-state index contributed by atoms with van der Waals surface area (Å²) in [6.45, 7) is 0.415. The molecular weight excluding hydrogens is 256 g/mol. The maximum absolute atomic E-state index is 5.57. The topological polar surface area (TPSA) is 48.1 Å². The van der Waals surface area contributed by atoms with Gasteiger partial charge in [0.25, 0.3) is 0 Å². The van der Waals surface area contributed by atoms with Crippen LogP contribution in [-0.2, 0) is 6.54 Å². The molecule has 0 fully saturated rings. The second-order valence-corrected chi connectivity index (χ2v) is 4.11. The summed E-state index contributed by atoms with van der Waals surface area (Å²) >= 11 is 3.43. The lowest BCUT2D eigenvalue weighted by molar-refractivity contribution is 0.402. The van der Waals surface area contributed by atoms with Gasteiger partial charge >= 0.3 is 0 Å². The van der Waals surface area contributed by atoms with Crippen molar-refractivity contribution in [1.82, 2.24) is 4.98 Å². The van der Waals surface area contributed by atoms with E-state index in [1.54, 1.807) is 7.11 Å². The van der Waals surface area contributed by atoms with Crippen LogP contribution in [0.15, 0.2) is 28.7 Å². The number of nitrogens with two attached hydrogens (primary N) is 1. The van der Waals surface area contributed by atoms with E-state index in [0.29, 0.717) is 12.4 Å². The summed E-state index contributed by atoms with van der Waals surface area (Å²) in [5, 5.41) is 2.08. The molecule has 0 bridgehead atoms. The van der Waals surface area contributed by atoms with Gasteiger partial charge in [-0.3, -0.25) is 0 Å². The van der Waals surface area contributed by atoms with E-state index in [2.05, 4.69) is 20.9 Å². The molecule has 0 aliphatic carbocycles. The molecule has 2 rings (SSSR count). The second-order valence-electron chi connectivity index (χ2n) is 3.19. The van der Waals surface area contributed by atoms with Gasteiger partial charge in [0, 0.05) is 16.4 Å². The summed E-state index contributed by atoms with van der Waals surface area (Å²) < 4.78 is 6.26. The van der Waals surface area contributed by atoms with E-state index >= 15 is 0 Å². The first kappa shape index (κ1) is 10.4. The van der Waals surface area contributed by atoms with Crippen LogP contribution in [0.3, 0.4) is 0 Å². The average Bonchev–Trinajstić information content (AvgIpc) is 2.26. The van der Waals surface area contributed by atoms with E-state index in [-0.39, 0.29) is 0 Å². The minimum absolute atomic E-state index is 0.415. The predicted octanol–water partition coefficient (Wildman–Crippen LogP) is 2.46. The highest BCUT2D eigenvalue weighted by atomic mass is 79.9. The molecule has 3 nitrogen and oxygen atoms in total. The Labute approximate surface area is 96.4 Å². The lowest BCUT2D eigenvalue weighted by atomic mass is 10.1. The number of rotatable bonds is 2. The van der Waals surface area contributed by atoms with Gasteiger partial charge in [0.15, 0.2) is 0 Å². The van der Waals surface area contributed by atoms with Gasteiger partial charge in [-0.05, 0) is 29.7 Å². The smallest absolute Gasteiger partial charge is 0.221 e. The Morgan fingerprint density at radius 1 is 1.40 bits per heavy atom. The lowest BCUT2D eigenvalue weighted by Crippen LogP contribution is -2.01. The molecule has 2 N–H and O–H groups in total. The van der Waals surface area contributed by atoms with Crippen LogP contribution in [0.2, 0.25) is 0 Å². The highest BCUT2D eigenvalue weighted by Gasteiger charge is 2.05. The summed E-state index contributed by atoms with van der Waals surface area (Å²) in [5.41, 5.74) is 6.40. The number of benzene rings is 1. The van der Waals surface area contributed by atoms with Crippen molar-refractivity contribution in [2.75, 3.05) is 7.11 Å². The van der Waals surface area contributed by atoms with E-state index < -0.39 is 0 Å². The third-order valence-corrected chi connectivity index (χ3v) is 2.71. The normalized spacial score (nSPS) is 10.6. The maximum Gasteiger partial charge on any atom is 0.221 e. The average molecular weight is 267 g/mol. The Morgan fingerprint density at radius 3 is 2.87 bits per heavy atom. The van der Waals surface area contributed by atoms with Crippen molar-refractivity contribution in [3.63, 3.8) is 0 Å². The van der Waals surface area contributed by atoms with Crippen molar-refractivity contribution in [3.05, 3.63) is 34.4 Å². The van der Waals surface area contributed by atoms with E-state index in [0.717, 1.165) is 20.9 Å². The van der Waals surface area contributed by atoms with Gasteiger partial charge in [0.1, 0.15) is 0 Å². The first-order chi connectivity index (χ1) is 7.24. The van der Waals surface area contributed by atoms with Crippen molar-refractivity contribution in [2.24, 2.45) is 5.73 Å². The Kier molecular flexibility index (Phi) is 2.88. The zero-order valence-corrected chi connectivity index (χ0v) is 9.91. The highest BCUT2D eigenvalue weighted by molar-refractivity contribution is 9.10. The molecule has 1 heterocycles. The molecule has 0 radical (unpaired) electrons. The second kappa shape index (κ2) is 4.16. The Bertz CT molecular complexity index is 499. The zero-order valence-electron chi connectivity index (χ0n) is 8.33. The maximum atomic E-state index is 5.57. The number of pyridine rings is 1. The number of aromatic nitrogens is 1. The molecule has 0 aliphatic heterocycles. The van der Waals surface area contributed by atoms with Gasteiger partial charge in [0.05, 0.1) is 12.8 Å². The van der Waals surface area contributed by atoms with Crippen LogP contribution < -0.4 is 10.5 Å². The van der Waals surface area contributed by atoms with Crippen molar-refractivity contribution in [3.8, 4) is 5.88 Å². The fraction of sp³-hybridized carbons (Fsp3) is 0.182. The Hall–Kier alpha value is -1.13. The molecule has 0 atom stereocenters. The first-order valence-electron chi connectivity index (χ1n) is 4.58. The molecular formula is C11H11BrN2O. The molecule has 0 saturated heterocycles. The molecule has 15 heavy (non-hydrogen) atoms. The molecule has 2 aromatic rings. The molecule has 1 aromatic heterocycles. The van der Waals surface area contributed by atoms with Gasteiger partial charge in [-0.2, -0.15) is 0 Å². The molecule has 0 saturated carbocycles. The third-order valence-electron chi connectivity index (χ3n) is 2.21. The van der Waals surface area contributed by atoms with Crippen LogP contribution in [0.4, 0.5) is 0 Å². The number of nitrogens with zero attached hydrogens (tertiary/aromatic N) is 1. The number of halogens is 1.